The van der Waals surface area contributed by atoms with Crippen molar-refractivity contribution in [2.24, 2.45) is 5.41 Å². The molecule has 3 rings (SSSR count). The minimum absolute atomic E-state index is 0.147. The normalized spacial score (nSPS) is 22.9. The molecule has 0 spiro atoms. The van der Waals surface area contributed by atoms with Gasteiger partial charge in [-0.25, -0.2) is 4.39 Å². The van der Waals surface area contributed by atoms with Gasteiger partial charge in [-0.1, -0.05) is 23.7 Å². The van der Waals surface area contributed by atoms with Crippen molar-refractivity contribution in [1.82, 2.24) is 10.5 Å². The van der Waals surface area contributed by atoms with Gasteiger partial charge >= 0.3 is 0 Å². The maximum absolute atomic E-state index is 13.1. The molecule has 1 aliphatic rings. The molecule has 1 saturated carbocycles. The van der Waals surface area contributed by atoms with E-state index < -0.39 is 11.5 Å². The van der Waals surface area contributed by atoms with Gasteiger partial charge in [0.05, 0.1) is 18.2 Å². The smallest absolute Gasteiger partial charge is 0.226 e. The summed E-state index contributed by atoms with van der Waals surface area (Å²) in [6.07, 6.45) is 2.75. The molecule has 0 radical (unpaired) electrons. The van der Waals surface area contributed by atoms with Crippen molar-refractivity contribution < 1.29 is 18.8 Å². The topological polar surface area (TPSA) is 75.4 Å². The summed E-state index contributed by atoms with van der Waals surface area (Å²) in [6, 6.07) is 8.06. The summed E-state index contributed by atoms with van der Waals surface area (Å²) in [6.45, 7) is 2.17. The van der Waals surface area contributed by atoms with Gasteiger partial charge in [-0.15, -0.1) is 0 Å². The molecule has 1 aliphatic carbocycles. The monoisotopic (exact) mass is 346 g/mol. The fourth-order valence-electron chi connectivity index (χ4n) is 3.61. The molecule has 1 amide bonds. The Labute approximate surface area is 146 Å². The highest BCUT2D eigenvalue weighted by molar-refractivity contribution is 5.78. The second-order valence-corrected chi connectivity index (χ2v) is 6.96. The van der Waals surface area contributed by atoms with Gasteiger partial charge in [0, 0.05) is 18.0 Å². The highest BCUT2D eigenvalue weighted by Crippen LogP contribution is 2.40. The Balaban J connectivity index is 1.64. The van der Waals surface area contributed by atoms with Crippen LogP contribution in [-0.2, 0) is 17.6 Å². The Morgan fingerprint density at radius 3 is 2.80 bits per heavy atom. The molecule has 0 bridgehead atoms. The van der Waals surface area contributed by atoms with E-state index >= 15 is 0 Å². The van der Waals surface area contributed by atoms with E-state index in [1.54, 1.807) is 25.1 Å². The molecule has 2 aromatic rings. The Morgan fingerprint density at radius 1 is 1.44 bits per heavy atom. The Bertz CT molecular complexity index is 729. The van der Waals surface area contributed by atoms with Crippen LogP contribution in [0.3, 0.4) is 0 Å². The number of carbonyl (C=O) groups excluding carboxylic acids is 1. The van der Waals surface area contributed by atoms with Crippen molar-refractivity contribution in [2.45, 2.75) is 45.1 Å². The van der Waals surface area contributed by atoms with Gasteiger partial charge in [-0.05, 0) is 43.9 Å². The molecule has 0 unspecified atom stereocenters. The van der Waals surface area contributed by atoms with Crippen LogP contribution in [0.25, 0.3) is 0 Å². The van der Waals surface area contributed by atoms with Gasteiger partial charge in [0.15, 0.2) is 0 Å². The number of amides is 1. The van der Waals surface area contributed by atoms with Crippen molar-refractivity contribution in [3.8, 4) is 0 Å². The quantitative estimate of drug-likeness (QED) is 0.843. The molecule has 25 heavy (non-hydrogen) atoms. The molecule has 1 heterocycles. The standard InChI is InChI=1S/C19H23FN2O3/c1-13-9-16(22-25-13)10-18(24)21-12-19(8-2-3-17(19)23)11-14-4-6-15(20)7-5-14/h4-7,9,17,23H,2-3,8,10-12H2,1H3,(H,21,24)/t17-,19+/m0/s1. The molecule has 0 aliphatic heterocycles. The Hall–Kier alpha value is -2.21. The summed E-state index contributed by atoms with van der Waals surface area (Å²) in [4.78, 5) is 12.2. The molecule has 1 fully saturated rings. The maximum atomic E-state index is 13.1. The van der Waals surface area contributed by atoms with E-state index in [9.17, 15) is 14.3 Å². The van der Waals surface area contributed by atoms with E-state index in [0.717, 1.165) is 24.8 Å². The van der Waals surface area contributed by atoms with Crippen molar-refractivity contribution in [3.63, 3.8) is 0 Å². The largest absolute Gasteiger partial charge is 0.392 e. The summed E-state index contributed by atoms with van der Waals surface area (Å²) in [5.41, 5.74) is 1.14. The number of aliphatic hydroxyl groups is 1. The SMILES string of the molecule is Cc1cc(CC(=O)NC[C@]2(Cc3ccc(F)cc3)CCC[C@@H]2O)no1. The fraction of sp³-hybridized carbons (Fsp3) is 0.474. The first-order valence-corrected chi connectivity index (χ1v) is 8.58. The molecular weight excluding hydrogens is 323 g/mol. The van der Waals surface area contributed by atoms with Crippen molar-refractivity contribution in [3.05, 3.63) is 53.2 Å². The third-order valence-electron chi connectivity index (χ3n) is 4.98. The van der Waals surface area contributed by atoms with Crippen LogP contribution in [0.4, 0.5) is 4.39 Å². The van der Waals surface area contributed by atoms with E-state index in [2.05, 4.69) is 10.5 Å². The van der Waals surface area contributed by atoms with E-state index in [1.807, 2.05) is 0 Å². The summed E-state index contributed by atoms with van der Waals surface area (Å²) >= 11 is 0. The number of aromatic nitrogens is 1. The number of nitrogens with zero attached hydrogens (tertiary/aromatic N) is 1. The minimum Gasteiger partial charge on any atom is -0.392 e. The third-order valence-corrected chi connectivity index (χ3v) is 4.98. The number of carbonyl (C=O) groups is 1. The van der Waals surface area contributed by atoms with Crippen LogP contribution in [0.5, 0.6) is 0 Å². The fourth-order valence-corrected chi connectivity index (χ4v) is 3.61. The number of rotatable bonds is 6. The van der Waals surface area contributed by atoms with E-state index in [0.29, 0.717) is 24.4 Å². The number of halogens is 1. The van der Waals surface area contributed by atoms with Gasteiger partial charge in [-0.3, -0.25) is 4.79 Å². The molecular formula is C19H23FN2O3. The highest BCUT2D eigenvalue weighted by Gasteiger charge is 2.42. The van der Waals surface area contributed by atoms with Gasteiger partial charge in [0.25, 0.3) is 0 Å². The molecule has 5 nitrogen and oxygen atoms in total. The molecule has 6 heteroatoms. The number of benzene rings is 1. The molecule has 134 valence electrons. The lowest BCUT2D eigenvalue weighted by Crippen LogP contribution is -2.44. The van der Waals surface area contributed by atoms with Crippen LogP contribution >= 0.6 is 0 Å². The minimum atomic E-state index is -0.479. The molecule has 0 saturated heterocycles. The van der Waals surface area contributed by atoms with E-state index in [1.165, 1.54) is 12.1 Å². The van der Waals surface area contributed by atoms with Gasteiger partial charge in [0.1, 0.15) is 11.6 Å². The van der Waals surface area contributed by atoms with Crippen LogP contribution in [0.1, 0.15) is 36.3 Å². The molecule has 1 aromatic heterocycles. The average Bonchev–Trinajstić information content (AvgIpc) is 3.14. The second-order valence-electron chi connectivity index (χ2n) is 6.96. The zero-order chi connectivity index (χ0) is 17.9. The predicted molar refractivity (Wildman–Crippen MR) is 90.3 cm³/mol. The Kier molecular flexibility index (Phi) is 5.18. The van der Waals surface area contributed by atoms with Crippen molar-refractivity contribution >= 4 is 5.91 Å². The average molecular weight is 346 g/mol. The van der Waals surface area contributed by atoms with E-state index in [4.69, 9.17) is 4.52 Å². The van der Waals surface area contributed by atoms with E-state index in [-0.39, 0.29) is 18.1 Å². The van der Waals surface area contributed by atoms with Crippen molar-refractivity contribution in [1.29, 1.82) is 0 Å². The third kappa shape index (κ3) is 4.25. The van der Waals surface area contributed by atoms with Crippen LogP contribution in [0.15, 0.2) is 34.9 Å². The van der Waals surface area contributed by atoms with Crippen LogP contribution in [0, 0.1) is 18.2 Å². The maximum Gasteiger partial charge on any atom is 0.226 e. The molecule has 2 atom stereocenters. The lowest BCUT2D eigenvalue weighted by molar-refractivity contribution is -0.121. The Morgan fingerprint density at radius 2 is 2.20 bits per heavy atom. The number of aryl methyl sites for hydroxylation is 1. The second kappa shape index (κ2) is 7.35. The predicted octanol–water partition coefficient (Wildman–Crippen LogP) is 2.55. The zero-order valence-corrected chi connectivity index (χ0v) is 14.3. The van der Waals surface area contributed by atoms with Gasteiger partial charge in [0.2, 0.25) is 5.91 Å². The lowest BCUT2D eigenvalue weighted by Gasteiger charge is -2.33. The first-order chi connectivity index (χ1) is 12.0. The lowest BCUT2D eigenvalue weighted by atomic mass is 9.78. The summed E-state index contributed by atoms with van der Waals surface area (Å²) in [5, 5.41) is 17.3. The first-order valence-electron chi connectivity index (χ1n) is 8.58. The first kappa shape index (κ1) is 17.6. The van der Waals surface area contributed by atoms with Gasteiger partial charge in [-0.2, -0.15) is 0 Å². The number of nitrogens with one attached hydrogen (secondary N) is 1. The van der Waals surface area contributed by atoms with Crippen LogP contribution in [0.2, 0.25) is 0 Å². The van der Waals surface area contributed by atoms with Gasteiger partial charge < -0.3 is 14.9 Å². The molecule has 2 N–H and O–H groups in total. The summed E-state index contributed by atoms with van der Waals surface area (Å²) in [7, 11) is 0. The highest BCUT2D eigenvalue weighted by atomic mass is 19.1. The number of hydrogen-bond acceptors (Lipinski definition) is 4. The van der Waals surface area contributed by atoms with Crippen molar-refractivity contribution in [2.75, 3.05) is 6.54 Å². The van der Waals surface area contributed by atoms with Crippen LogP contribution < -0.4 is 5.32 Å². The molecule has 1 aromatic carbocycles. The zero-order valence-electron chi connectivity index (χ0n) is 14.3. The summed E-state index contributed by atoms with van der Waals surface area (Å²) in [5.74, 6) is 0.244. The number of hydrogen-bond donors (Lipinski definition) is 2. The summed E-state index contributed by atoms with van der Waals surface area (Å²) < 4.78 is 18.1. The van der Waals surface area contributed by atoms with Crippen LogP contribution in [-0.4, -0.2) is 28.8 Å². The number of aliphatic hydroxyl groups excluding tert-OH is 1.